The van der Waals surface area contributed by atoms with Gasteiger partial charge in [0.2, 0.25) is 0 Å². The standard InChI is InChI=1S/C13H18FNO/c1-9-7-10(12(16)11(14)8-9)13(15)5-3-2-4-6-13/h7-8,16H,2-6,15H2,1H3. The molecule has 0 bridgehead atoms. The molecule has 1 aromatic rings. The molecule has 0 heterocycles. The number of phenols is 1. The summed E-state index contributed by atoms with van der Waals surface area (Å²) in [5.41, 5.74) is 7.13. The van der Waals surface area contributed by atoms with E-state index in [1.165, 1.54) is 12.5 Å². The van der Waals surface area contributed by atoms with Gasteiger partial charge in [0.05, 0.1) is 0 Å². The lowest BCUT2D eigenvalue weighted by molar-refractivity contribution is 0.288. The Hall–Kier alpha value is -1.09. The maximum Gasteiger partial charge on any atom is 0.165 e. The van der Waals surface area contributed by atoms with Crippen LogP contribution in [0.15, 0.2) is 12.1 Å². The van der Waals surface area contributed by atoms with Gasteiger partial charge in [0.15, 0.2) is 11.6 Å². The number of nitrogens with two attached hydrogens (primary N) is 1. The van der Waals surface area contributed by atoms with Crippen molar-refractivity contribution in [3.8, 4) is 5.75 Å². The Morgan fingerprint density at radius 2 is 1.88 bits per heavy atom. The Balaban J connectivity index is 2.45. The van der Waals surface area contributed by atoms with Crippen LogP contribution in [0.1, 0.15) is 43.2 Å². The summed E-state index contributed by atoms with van der Waals surface area (Å²) in [7, 11) is 0. The third kappa shape index (κ3) is 1.92. The molecule has 0 amide bonds. The molecule has 3 heteroatoms. The minimum absolute atomic E-state index is 0.269. The first-order valence-corrected chi connectivity index (χ1v) is 5.81. The van der Waals surface area contributed by atoms with Gasteiger partial charge in [-0.05, 0) is 31.4 Å². The molecule has 1 saturated carbocycles. The van der Waals surface area contributed by atoms with Gasteiger partial charge in [0.1, 0.15) is 0 Å². The Kier molecular flexibility index (Phi) is 2.89. The first-order chi connectivity index (χ1) is 7.53. The van der Waals surface area contributed by atoms with E-state index in [4.69, 9.17) is 5.73 Å². The van der Waals surface area contributed by atoms with Crippen LogP contribution < -0.4 is 5.73 Å². The molecular formula is C13H18FNO. The van der Waals surface area contributed by atoms with E-state index in [2.05, 4.69) is 0 Å². The smallest absolute Gasteiger partial charge is 0.165 e. The first-order valence-electron chi connectivity index (χ1n) is 5.81. The number of aromatic hydroxyl groups is 1. The maximum atomic E-state index is 13.5. The molecule has 1 fully saturated rings. The fraction of sp³-hybridized carbons (Fsp3) is 0.538. The molecule has 2 nitrogen and oxygen atoms in total. The predicted octanol–water partition coefficient (Wildman–Crippen LogP) is 2.96. The number of hydrogen-bond acceptors (Lipinski definition) is 2. The molecule has 2 rings (SSSR count). The maximum absolute atomic E-state index is 13.5. The number of phenolic OH excluding ortho intramolecular Hbond substituents is 1. The van der Waals surface area contributed by atoms with Crippen molar-refractivity contribution < 1.29 is 9.50 Å². The van der Waals surface area contributed by atoms with Crippen molar-refractivity contribution in [3.63, 3.8) is 0 Å². The van der Waals surface area contributed by atoms with E-state index in [9.17, 15) is 9.50 Å². The second kappa shape index (κ2) is 4.06. The number of halogens is 1. The van der Waals surface area contributed by atoms with Gasteiger partial charge in [0.25, 0.3) is 0 Å². The second-order valence-electron chi connectivity index (χ2n) is 4.86. The van der Waals surface area contributed by atoms with Crippen LogP contribution in [0.2, 0.25) is 0 Å². The fourth-order valence-electron chi connectivity index (χ4n) is 2.57. The zero-order valence-electron chi connectivity index (χ0n) is 9.59. The van der Waals surface area contributed by atoms with E-state index in [-0.39, 0.29) is 5.75 Å². The molecule has 3 N–H and O–H groups in total. The largest absolute Gasteiger partial charge is 0.505 e. The molecule has 1 aliphatic carbocycles. The lowest BCUT2D eigenvalue weighted by Crippen LogP contribution is -2.38. The van der Waals surface area contributed by atoms with E-state index in [0.717, 1.165) is 31.2 Å². The highest BCUT2D eigenvalue weighted by Gasteiger charge is 2.32. The zero-order chi connectivity index (χ0) is 11.8. The molecule has 0 spiro atoms. The van der Waals surface area contributed by atoms with Crippen LogP contribution in [0.4, 0.5) is 4.39 Å². The summed E-state index contributed by atoms with van der Waals surface area (Å²) in [6, 6.07) is 3.15. The number of aryl methyl sites for hydroxylation is 1. The highest BCUT2D eigenvalue weighted by Crippen LogP contribution is 2.40. The minimum Gasteiger partial charge on any atom is -0.505 e. The van der Waals surface area contributed by atoms with Crippen molar-refractivity contribution in [1.82, 2.24) is 0 Å². The Morgan fingerprint density at radius 3 is 2.50 bits per heavy atom. The summed E-state index contributed by atoms with van der Waals surface area (Å²) < 4.78 is 13.5. The monoisotopic (exact) mass is 223 g/mol. The number of hydrogen-bond donors (Lipinski definition) is 2. The molecule has 0 unspecified atom stereocenters. The van der Waals surface area contributed by atoms with E-state index < -0.39 is 11.4 Å². The van der Waals surface area contributed by atoms with E-state index in [1.807, 2.05) is 13.0 Å². The van der Waals surface area contributed by atoms with Crippen LogP contribution in [0.5, 0.6) is 5.75 Å². The third-order valence-electron chi connectivity index (χ3n) is 3.49. The zero-order valence-corrected chi connectivity index (χ0v) is 9.59. The first kappa shape index (κ1) is 11.4. The van der Waals surface area contributed by atoms with Crippen molar-refractivity contribution in [2.45, 2.75) is 44.6 Å². The molecule has 0 atom stereocenters. The fourth-order valence-corrected chi connectivity index (χ4v) is 2.57. The lowest BCUT2D eigenvalue weighted by atomic mass is 9.76. The molecular weight excluding hydrogens is 205 g/mol. The highest BCUT2D eigenvalue weighted by atomic mass is 19.1. The summed E-state index contributed by atoms with van der Waals surface area (Å²) >= 11 is 0. The van der Waals surface area contributed by atoms with Crippen LogP contribution in [-0.4, -0.2) is 5.11 Å². The lowest BCUT2D eigenvalue weighted by Gasteiger charge is -2.34. The summed E-state index contributed by atoms with van der Waals surface area (Å²) in [6.07, 6.45) is 4.91. The van der Waals surface area contributed by atoms with Crippen LogP contribution >= 0.6 is 0 Å². The predicted molar refractivity (Wildman–Crippen MR) is 61.8 cm³/mol. The van der Waals surface area contributed by atoms with Gasteiger partial charge >= 0.3 is 0 Å². The summed E-state index contributed by atoms with van der Waals surface area (Å²) in [6.45, 7) is 1.82. The Morgan fingerprint density at radius 1 is 1.25 bits per heavy atom. The van der Waals surface area contributed by atoms with Gasteiger partial charge in [0, 0.05) is 11.1 Å². The molecule has 0 radical (unpaired) electrons. The van der Waals surface area contributed by atoms with Crippen molar-refractivity contribution in [1.29, 1.82) is 0 Å². The quantitative estimate of drug-likeness (QED) is 0.768. The van der Waals surface area contributed by atoms with Crippen molar-refractivity contribution >= 4 is 0 Å². The average molecular weight is 223 g/mol. The van der Waals surface area contributed by atoms with E-state index in [0.29, 0.717) is 5.56 Å². The number of rotatable bonds is 1. The van der Waals surface area contributed by atoms with Gasteiger partial charge < -0.3 is 10.8 Å². The van der Waals surface area contributed by atoms with Gasteiger partial charge in [-0.15, -0.1) is 0 Å². The summed E-state index contributed by atoms with van der Waals surface area (Å²) in [5, 5.41) is 9.78. The van der Waals surface area contributed by atoms with Crippen LogP contribution in [0.25, 0.3) is 0 Å². The van der Waals surface area contributed by atoms with E-state index in [1.54, 1.807) is 0 Å². The Bertz CT molecular complexity index is 397. The number of benzene rings is 1. The SMILES string of the molecule is Cc1cc(F)c(O)c(C2(N)CCCCC2)c1. The van der Waals surface area contributed by atoms with E-state index >= 15 is 0 Å². The van der Waals surface area contributed by atoms with Crippen molar-refractivity contribution in [2.24, 2.45) is 5.73 Å². The molecule has 0 aromatic heterocycles. The third-order valence-corrected chi connectivity index (χ3v) is 3.49. The van der Waals surface area contributed by atoms with Crippen LogP contribution in [0, 0.1) is 12.7 Å². The molecule has 1 aliphatic rings. The minimum atomic E-state index is -0.564. The summed E-state index contributed by atoms with van der Waals surface area (Å²) in [5.74, 6) is -0.833. The van der Waals surface area contributed by atoms with Crippen LogP contribution in [0.3, 0.4) is 0 Å². The molecule has 0 saturated heterocycles. The summed E-state index contributed by atoms with van der Waals surface area (Å²) in [4.78, 5) is 0. The van der Waals surface area contributed by atoms with Crippen molar-refractivity contribution in [2.75, 3.05) is 0 Å². The molecule has 0 aliphatic heterocycles. The van der Waals surface area contributed by atoms with Gasteiger partial charge in [-0.3, -0.25) is 0 Å². The average Bonchev–Trinajstić information content (AvgIpc) is 2.24. The van der Waals surface area contributed by atoms with Gasteiger partial charge in [-0.1, -0.05) is 25.3 Å². The topological polar surface area (TPSA) is 46.2 Å². The second-order valence-corrected chi connectivity index (χ2v) is 4.86. The highest BCUT2D eigenvalue weighted by molar-refractivity contribution is 5.42. The Labute approximate surface area is 95.3 Å². The molecule has 16 heavy (non-hydrogen) atoms. The normalized spacial score (nSPS) is 19.7. The molecule has 1 aromatic carbocycles. The van der Waals surface area contributed by atoms with Gasteiger partial charge in [-0.25, -0.2) is 4.39 Å². The van der Waals surface area contributed by atoms with Crippen LogP contribution in [-0.2, 0) is 5.54 Å². The van der Waals surface area contributed by atoms with Crippen molar-refractivity contribution in [3.05, 3.63) is 29.1 Å². The molecule has 88 valence electrons. The van der Waals surface area contributed by atoms with Gasteiger partial charge in [-0.2, -0.15) is 0 Å².